The molecule has 1 aliphatic heterocycles. The van der Waals surface area contributed by atoms with E-state index in [1.165, 1.54) is 0 Å². The van der Waals surface area contributed by atoms with Crippen LogP contribution >= 0.6 is 11.3 Å². The summed E-state index contributed by atoms with van der Waals surface area (Å²) in [7, 11) is 1.70. The van der Waals surface area contributed by atoms with E-state index in [-0.39, 0.29) is 0 Å². The minimum atomic E-state index is -0.606. The lowest BCUT2D eigenvalue weighted by Gasteiger charge is -2.30. The van der Waals surface area contributed by atoms with Gasteiger partial charge < -0.3 is 15.2 Å². The largest absolute Gasteiger partial charge is 0.387 e. The Bertz CT molecular complexity index is 339. The first-order valence-corrected chi connectivity index (χ1v) is 7.13. The van der Waals surface area contributed by atoms with Crippen LogP contribution in [0.25, 0.3) is 0 Å². The number of methoxy groups -OCH3 is 1. The molecule has 0 saturated carbocycles. The number of rotatable bonds is 7. The molecule has 2 heterocycles. The Morgan fingerprint density at radius 3 is 3.17 bits per heavy atom. The lowest BCUT2D eigenvalue weighted by Crippen LogP contribution is -2.45. The third kappa shape index (κ3) is 4.00. The summed E-state index contributed by atoms with van der Waals surface area (Å²) in [5, 5.41) is 16.7. The lowest BCUT2D eigenvalue weighted by atomic mass is 10.0. The Morgan fingerprint density at radius 1 is 1.67 bits per heavy atom. The zero-order chi connectivity index (χ0) is 12.8. The molecule has 1 atom stereocenters. The highest BCUT2D eigenvalue weighted by Crippen LogP contribution is 2.18. The van der Waals surface area contributed by atoms with Crippen molar-refractivity contribution in [2.45, 2.75) is 18.6 Å². The van der Waals surface area contributed by atoms with E-state index in [2.05, 4.69) is 15.2 Å². The van der Waals surface area contributed by atoms with Gasteiger partial charge in [0, 0.05) is 38.3 Å². The summed E-state index contributed by atoms with van der Waals surface area (Å²) in [6, 6.07) is 0. The van der Waals surface area contributed by atoms with Crippen molar-refractivity contribution < 1.29 is 9.84 Å². The predicted octanol–water partition coefficient (Wildman–Crippen LogP) is 0.316. The van der Waals surface area contributed by atoms with Gasteiger partial charge in [0.1, 0.15) is 5.01 Å². The minimum Gasteiger partial charge on any atom is -0.387 e. The third-order valence-electron chi connectivity index (χ3n) is 3.19. The van der Waals surface area contributed by atoms with Crippen LogP contribution in [0.4, 0.5) is 0 Å². The quantitative estimate of drug-likeness (QED) is 0.748. The topological polar surface area (TPSA) is 57.6 Å². The second-order valence-corrected chi connectivity index (χ2v) is 5.76. The smallest absolute Gasteiger partial charge is 0.107 e. The molecule has 1 saturated heterocycles. The highest BCUT2D eigenvalue weighted by atomic mass is 32.1. The maximum atomic E-state index is 10.4. The maximum Gasteiger partial charge on any atom is 0.107 e. The van der Waals surface area contributed by atoms with Gasteiger partial charge in [0.25, 0.3) is 0 Å². The number of hydrogen-bond acceptors (Lipinski definition) is 6. The van der Waals surface area contributed by atoms with Gasteiger partial charge in [-0.15, -0.1) is 11.3 Å². The summed E-state index contributed by atoms with van der Waals surface area (Å²) in [5.74, 6) is 0. The van der Waals surface area contributed by atoms with E-state index in [9.17, 15) is 5.11 Å². The molecular weight excluding hydrogens is 250 g/mol. The van der Waals surface area contributed by atoms with Crippen molar-refractivity contribution in [2.24, 2.45) is 0 Å². The number of hydrogen-bond donors (Lipinski definition) is 2. The number of β-amino-alcohol motifs (C(OH)–C–C–N with tert-alkyl or cyclic N) is 1. The molecular formula is C12H21N3O2S. The summed E-state index contributed by atoms with van der Waals surface area (Å²) in [6.45, 7) is 4.51. The summed E-state index contributed by atoms with van der Waals surface area (Å²) < 4.78 is 5.13. The molecule has 0 spiro atoms. The second kappa shape index (κ2) is 6.58. The molecule has 0 bridgehead atoms. The van der Waals surface area contributed by atoms with Gasteiger partial charge in [-0.05, 0) is 13.0 Å². The molecule has 0 radical (unpaired) electrons. The average molecular weight is 271 g/mol. The first-order valence-electron chi connectivity index (χ1n) is 6.25. The monoisotopic (exact) mass is 271 g/mol. The molecule has 0 amide bonds. The Hall–Kier alpha value is -0.530. The Balaban J connectivity index is 1.91. The van der Waals surface area contributed by atoms with E-state index < -0.39 is 5.60 Å². The number of nitrogens with zero attached hydrogens (tertiary/aromatic N) is 2. The standard InChI is InChI=1S/C12H21N3O2S/c1-17-6-5-15(8-11-14-4-7-18-11)10-12(16)2-3-13-9-12/h4,7,13,16H,2-3,5-6,8-10H2,1H3/t12-/m0/s1. The van der Waals surface area contributed by atoms with Gasteiger partial charge in [0.15, 0.2) is 0 Å². The van der Waals surface area contributed by atoms with Crippen molar-refractivity contribution in [1.82, 2.24) is 15.2 Å². The van der Waals surface area contributed by atoms with Crippen LogP contribution in [0, 0.1) is 0 Å². The zero-order valence-electron chi connectivity index (χ0n) is 10.8. The number of aliphatic hydroxyl groups is 1. The van der Waals surface area contributed by atoms with Gasteiger partial charge >= 0.3 is 0 Å². The zero-order valence-corrected chi connectivity index (χ0v) is 11.6. The summed E-state index contributed by atoms with van der Waals surface area (Å²) in [4.78, 5) is 6.52. The molecule has 1 aromatic rings. The van der Waals surface area contributed by atoms with Crippen LogP contribution in [0.5, 0.6) is 0 Å². The Morgan fingerprint density at radius 2 is 2.56 bits per heavy atom. The third-order valence-corrected chi connectivity index (χ3v) is 3.96. The molecule has 18 heavy (non-hydrogen) atoms. The Kier molecular flexibility index (Phi) is 5.08. The number of ether oxygens (including phenoxy) is 1. The molecule has 5 nitrogen and oxygen atoms in total. The number of nitrogens with one attached hydrogen (secondary N) is 1. The molecule has 0 unspecified atom stereocenters. The molecule has 2 rings (SSSR count). The van der Waals surface area contributed by atoms with E-state index >= 15 is 0 Å². The molecule has 1 fully saturated rings. The molecule has 0 aliphatic carbocycles. The van der Waals surface area contributed by atoms with E-state index in [1.807, 2.05) is 11.6 Å². The van der Waals surface area contributed by atoms with Crippen molar-refractivity contribution in [3.05, 3.63) is 16.6 Å². The van der Waals surface area contributed by atoms with Gasteiger partial charge in [-0.25, -0.2) is 4.98 Å². The first-order chi connectivity index (χ1) is 8.72. The van der Waals surface area contributed by atoms with Crippen molar-refractivity contribution in [2.75, 3.05) is 39.9 Å². The highest BCUT2D eigenvalue weighted by molar-refractivity contribution is 7.09. The SMILES string of the molecule is COCCN(Cc1nccs1)C[C@]1(O)CCNC1. The van der Waals surface area contributed by atoms with Crippen LogP contribution in [0.3, 0.4) is 0 Å². The van der Waals surface area contributed by atoms with Crippen molar-refractivity contribution in [3.8, 4) is 0 Å². The second-order valence-electron chi connectivity index (χ2n) is 4.78. The van der Waals surface area contributed by atoms with Gasteiger partial charge in [-0.1, -0.05) is 0 Å². The van der Waals surface area contributed by atoms with Crippen LogP contribution in [-0.2, 0) is 11.3 Å². The van der Waals surface area contributed by atoms with E-state index in [0.29, 0.717) is 19.7 Å². The van der Waals surface area contributed by atoms with E-state index in [1.54, 1.807) is 18.4 Å². The summed E-state index contributed by atoms with van der Waals surface area (Å²) in [5.41, 5.74) is -0.606. The summed E-state index contributed by atoms with van der Waals surface area (Å²) in [6.07, 6.45) is 2.63. The first kappa shape index (κ1) is 13.9. The van der Waals surface area contributed by atoms with Crippen LogP contribution in [0.2, 0.25) is 0 Å². The van der Waals surface area contributed by atoms with Crippen LogP contribution < -0.4 is 5.32 Å². The van der Waals surface area contributed by atoms with Gasteiger partial charge in [-0.3, -0.25) is 4.90 Å². The molecule has 1 aliphatic rings. The summed E-state index contributed by atoms with van der Waals surface area (Å²) >= 11 is 1.65. The average Bonchev–Trinajstić information content (AvgIpc) is 2.98. The highest BCUT2D eigenvalue weighted by Gasteiger charge is 2.33. The fraction of sp³-hybridized carbons (Fsp3) is 0.750. The minimum absolute atomic E-state index is 0.606. The van der Waals surface area contributed by atoms with Gasteiger partial charge in [-0.2, -0.15) is 0 Å². The normalized spacial score (nSPS) is 23.9. The van der Waals surface area contributed by atoms with Crippen LogP contribution in [0.15, 0.2) is 11.6 Å². The fourth-order valence-electron chi connectivity index (χ4n) is 2.24. The molecule has 102 valence electrons. The predicted molar refractivity (Wildman–Crippen MR) is 71.7 cm³/mol. The van der Waals surface area contributed by atoms with E-state index in [0.717, 1.165) is 31.1 Å². The molecule has 2 N–H and O–H groups in total. The number of thiazole rings is 1. The molecule has 1 aromatic heterocycles. The molecule has 6 heteroatoms. The lowest BCUT2D eigenvalue weighted by molar-refractivity contribution is 0.0111. The van der Waals surface area contributed by atoms with Crippen molar-refractivity contribution in [1.29, 1.82) is 0 Å². The molecule has 0 aromatic carbocycles. The van der Waals surface area contributed by atoms with Crippen LogP contribution in [-0.4, -0.2) is 60.5 Å². The Labute approximate surface area is 112 Å². The van der Waals surface area contributed by atoms with E-state index in [4.69, 9.17) is 4.74 Å². The van der Waals surface area contributed by atoms with Gasteiger partial charge in [0.05, 0.1) is 18.8 Å². The van der Waals surface area contributed by atoms with Gasteiger partial charge in [0.2, 0.25) is 0 Å². The van der Waals surface area contributed by atoms with Crippen LogP contribution in [0.1, 0.15) is 11.4 Å². The fourth-order valence-corrected chi connectivity index (χ4v) is 2.90. The number of aromatic nitrogens is 1. The maximum absolute atomic E-state index is 10.4. The van der Waals surface area contributed by atoms with Crippen molar-refractivity contribution >= 4 is 11.3 Å². The van der Waals surface area contributed by atoms with Crippen molar-refractivity contribution in [3.63, 3.8) is 0 Å².